The van der Waals surface area contributed by atoms with Crippen LogP contribution in [0.5, 0.6) is 0 Å². The summed E-state index contributed by atoms with van der Waals surface area (Å²) in [5, 5.41) is 8.84. The van der Waals surface area contributed by atoms with Gasteiger partial charge in [-0.25, -0.2) is 0 Å². The number of hydrogen-bond acceptors (Lipinski definition) is 3. The summed E-state index contributed by atoms with van der Waals surface area (Å²) in [4.78, 5) is 13.8. The van der Waals surface area contributed by atoms with Gasteiger partial charge in [-0.2, -0.15) is 13.2 Å². The minimum Gasteiger partial charge on any atom is -0.480 e. The van der Waals surface area contributed by atoms with Gasteiger partial charge in [-0.3, -0.25) is 14.6 Å². The molecule has 1 fully saturated rings. The maximum Gasteiger partial charge on any atom is 0.401 e. The van der Waals surface area contributed by atoms with Gasteiger partial charge < -0.3 is 5.11 Å². The van der Waals surface area contributed by atoms with E-state index in [4.69, 9.17) is 5.11 Å². The standard InChI is InChI=1S/C10H17F3N2O2/c1-7-5-14(8(2)9(16)17)3-4-15(7)6-10(11,12)13/h7-8H,3-6H2,1-2H3,(H,16,17). The lowest BCUT2D eigenvalue weighted by Crippen LogP contribution is -2.57. The van der Waals surface area contributed by atoms with Crippen LogP contribution in [0.3, 0.4) is 0 Å². The van der Waals surface area contributed by atoms with Gasteiger partial charge >= 0.3 is 12.1 Å². The molecule has 0 radical (unpaired) electrons. The molecule has 1 rings (SSSR count). The lowest BCUT2D eigenvalue weighted by atomic mass is 10.1. The molecule has 7 heteroatoms. The van der Waals surface area contributed by atoms with Crippen molar-refractivity contribution in [2.24, 2.45) is 0 Å². The molecular formula is C10H17F3N2O2. The zero-order valence-electron chi connectivity index (χ0n) is 9.87. The first-order chi connectivity index (χ1) is 7.70. The molecule has 1 aliphatic rings. The van der Waals surface area contributed by atoms with Crippen molar-refractivity contribution in [3.8, 4) is 0 Å². The SMILES string of the molecule is CC1CN(C(C)C(=O)O)CCN1CC(F)(F)F. The molecule has 0 aromatic carbocycles. The Bertz CT molecular complexity index is 283. The van der Waals surface area contributed by atoms with E-state index in [1.165, 1.54) is 4.90 Å². The number of carboxylic acid groups (broad SMARTS) is 1. The predicted octanol–water partition coefficient (Wildman–Crippen LogP) is 1.03. The molecule has 2 unspecified atom stereocenters. The fourth-order valence-corrected chi connectivity index (χ4v) is 2.00. The van der Waals surface area contributed by atoms with E-state index in [1.54, 1.807) is 18.7 Å². The van der Waals surface area contributed by atoms with Crippen LogP contribution in [0, 0.1) is 0 Å². The van der Waals surface area contributed by atoms with E-state index >= 15 is 0 Å². The van der Waals surface area contributed by atoms with Crippen LogP contribution in [0.15, 0.2) is 0 Å². The molecule has 1 heterocycles. The van der Waals surface area contributed by atoms with Gasteiger partial charge in [0.15, 0.2) is 0 Å². The first-order valence-corrected chi connectivity index (χ1v) is 5.48. The predicted molar refractivity (Wildman–Crippen MR) is 55.8 cm³/mol. The Hall–Kier alpha value is -0.820. The van der Waals surface area contributed by atoms with Gasteiger partial charge in [0.05, 0.1) is 6.54 Å². The second kappa shape index (κ2) is 5.22. The van der Waals surface area contributed by atoms with Crippen LogP contribution in [0.2, 0.25) is 0 Å². The van der Waals surface area contributed by atoms with Crippen molar-refractivity contribution in [3.05, 3.63) is 0 Å². The molecule has 1 aliphatic heterocycles. The molecule has 100 valence electrons. The van der Waals surface area contributed by atoms with Gasteiger partial charge in [0.25, 0.3) is 0 Å². The van der Waals surface area contributed by atoms with E-state index in [9.17, 15) is 18.0 Å². The number of aliphatic carboxylic acids is 1. The van der Waals surface area contributed by atoms with Gasteiger partial charge in [0, 0.05) is 25.7 Å². The third-order valence-corrected chi connectivity index (χ3v) is 3.08. The van der Waals surface area contributed by atoms with Crippen LogP contribution >= 0.6 is 0 Å². The second-order valence-electron chi connectivity index (χ2n) is 4.44. The Balaban J connectivity index is 2.52. The zero-order valence-corrected chi connectivity index (χ0v) is 9.87. The molecule has 0 spiro atoms. The summed E-state index contributed by atoms with van der Waals surface area (Å²) in [6.45, 7) is 3.26. The Morgan fingerprint density at radius 3 is 2.47 bits per heavy atom. The summed E-state index contributed by atoms with van der Waals surface area (Å²) < 4.78 is 36.7. The lowest BCUT2D eigenvalue weighted by molar-refractivity contribution is -0.159. The molecule has 1 saturated heterocycles. The monoisotopic (exact) mass is 254 g/mol. The van der Waals surface area contributed by atoms with E-state index < -0.39 is 24.7 Å². The quantitative estimate of drug-likeness (QED) is 0.817. The topological polar surface area (TPSA) is 43.8 Å². The highest BCUT2D eigenvalue weighted by atomic mass is 19.4. The molecule has 0 saturated carbocycles. The number of hydrogen-bond donors (Lipinski definition) is 1. The van der Waals surface area contributed by atoms with Crippen LogP contribution in [0.4, 0.5) is 13.2 Å². The highest BCUT2D eigenvalue weighted by molar-refractivity contribution is 5.72. The van der Waals surface area contributed by atoms with Gasteiger partial charge in [-0.05, 0) is 13.8 Å². The fraction of sp³-hybridized carbons (Fsp3) is 0.900. The normalized spacial score (nSPS) is 25.8. The third-order valence-electron chi connectivity index (χ3n) is 3.08. The number of nitrogens with zero attached hydrogens (tertiary/aromatic N) is 2. The van der Waals surface area contributed by atoms with Crippen molar-refractivity contribution < 1.29 is 23.1 Å². The second-order valence-corrected chi connectivity index (χ2v) is 4.44. The maximum atomic E-state index is 12.2. The van der Waals surface area contributed by atoms with E-state index in [-0.39, 0.29) is 12.6 Å². The summed E-state index contributed by atoms with van der Waals surface area (Å²) in [7, 11) is 0. The summed E-state index contributed by atoms with van der Waals surface area (Å²) in [6.07, 6.45) is -4.20. The first kappa shape index (κ1) is 14.2. The van der Waals surface area contributed by atoms with Crippen LogP contribution in [0.1, 0.15) is 13.8 Å². The van der Waals surface area contributed by atoms with Gasteiger partial charge in [-0.1, -0.05) is 0 Å². The van der Waals surface area contributed by atoms with Crippen LogP contribution in [-0.4, -0.2) is 65.3 Å². The summed E-state index contributed by atoms with van der Waals surface area (Å²) >= 11 is 0. The van der Waals surface area contributed by atoms with Crippen molar-refractivity contribution in [2.45, 2.75) is 32.1 Å². The molecule has 0 aliphatic carbocycles. The van der Waals surface area contributed by atoms with E-state index in [0.29, 0.717) is 13.1 Å². The molecule has 0 bridgehead atoms. The van der Waals surface area contributed by atoms with E-state index in [0.717, 1.165) is 0 Å². The van der Waals surface area contributed by atoms with E-state index in [1.807, 2.05) is 0 Å². The number of alkyl halides is 3. The lowest BCUT2D eigenvalue weighted by Gasteiger charge is -2.41. The molecule has 2 atom stereocenters. The fourth-order valence-electron chi connectivity index (χ4n) is 2.00. The average molecular weight is 254 g/mol. The summed E-state index contributed by atoms with van der Waals surface area (Å²) in [6, 6.07) is -0.933. The Morgan fingerprint density at radius 1 is 1.47 bits per heavy atom. The number of halogens is 3. The minimum atomic E-state index is -4.20. The Morgan fingerprint density at radius 2 is 2.06 bits per heavy atom. The minimum absolute atomic E-state index is 0.248. The summed E-state index contributed by atoms with van der Waals surface area (Å²) in [5.74, 6) is -0.943. The Kier molecular flexibility index (Phi) is 4.37. The van der Waals surface area contributed by atoms with Crippen LogP contribution in [-0.2, 0) is 4.79 Å². The molecule has 4 nitrogen and oxygen atoms in total. The smallest absolute Gasteiger partial charge is 0.401 e. The van der Waals surface area contributed by atoms with Gasteiger partial charge in [0.2, 0.25) is 0 Å². The van der Waals surface area contributed by atoms with Crippen molar-refractivity contribution in [2.75, 3.05) is 26.2 Å². The van der Waals surface area contributed by atoms with Crippen molar-refractivity contribution in [3.63, 3.8) is 0 Å². The Labute approximate surface area is 98.0 Å². The number of piperazine rings is 1. The van der Waals surface area contributed by atoms with Gasteiger partial charge in [-0.15, -0.1) is 0 Å². The first-order valence-electron chi connectivity index (χ1n) is 5.48. The number of carbonyl (C=O) groups is 1. The molecular weight excluding hydrogens is 237 g/mol. The van der Waals surface area contributed by atoms with Gasteiger partial charge in [0.1, 0.15) is 6.04 Å². The number of rotatable bonds is 3. The molecule has 1 N–H and O–H groups in total. The van der Waals surface area contributed by atoms with Crippen LogP contribution in [0.25, 0.3) is 0 Å². The molecule has 0 amide bonds. The van der Waals surface area contributed by atoms with E-state index in [2.05, 4.69) is 0 Å². The molecule has 0 aromatic heterocycles. The highest BCUT2D eigenvalue weighted by Crippen LogP contribution is 2.20. The van der Waals surface area contributed by atoms with Crippen molar-refractivity contribution in [1.82, 2.24) is 9.80 Å². The molecule has 0 aromatic rings. The average Bonchev–Trinajstić information content (AvgIpc) is 2.18. The van der Waals surface area contributed by atoms with Crippen molar-refractivity contribution in [1.29, 1.82) is 0 Å². The largest absolute Gasteiger partial charge is 0.480 e. The van der Waals surface area contributed by atoms with Crippen molar-refractivity contribution >= 4 is 5.97 Å². The molecule has 17 heavy (non-hydrogen) atoms. The highest BCUT2D eigenvalue weighted by Gasteiger charge is 2.36. The third kappa shape index (κ3) is 4.16. The number of carboxylic acids is 1. The maximum absolute atomic E-state index is 12.2. The zero-order chi connectivity index (χ0) is 13.2. The van der Waals surface area contributed by atoms with Crippen LogP contribution < -0.4 is 0 Å². The summed E-state index contributed by atoms with van der Waals surface area (Å²) in [5.41, 5.74) is 0.